The third-order valence-electron chi connectivity index (χ3n) is 4.37. The molecule has 1 saturated heterocycles. The smallest absolute Gasteiger partial charge is 0.275 e. The number of carbonyl (C=O) groups is 2. The molecule has 0 bridgehead atoms. The highest BCUT2D eigenvalue weighted by Crippen LogP contribution is 2.12. The van der Waals surface area contributed by atoms with Crippen LogP contribution >= 0.6 is 0 Å². The highest BCUT2D eigenvalue weighted by Gasteiger charge is 2.23. The minimum absolute atomic E-state index is 0.128. The molecule has 0 saturated carbocycles. The lowest BCUT2D eigenvalue weighted by Crippen LogP contribution is -3.16. The summed E-state index contributed by atoms with van der Waals surface area (Å²) in [5, 5.41) is 4.95. The molecule has 28 heavy (non-hydrogen) atoms. The number of nitrogens with one attached hydrogen (secondary N) is 3. The first-order valence-corrected chi connectivity index (χ1v) is 8.88. The van der Waals surface area contributed by atoms with Gasteiger partial charge in [-0.05, 0) is 18.2 Å². The lowest BCUT2D eigenvalue weighted by atomic mass is 10.3. The van der Waals surface area contributed by atoms with Crippen LogP contribution in [0.3, 0.4) is 0 Å². The maximum absolute atomic E-state index is 13.1. The molecule has 0 aliphatic carbocycles. The molecule has 1 aromatic heterocycles. The molecular weight excluding hydrogens is 370 g/mol. The average molecular weight is 391 g/mol. The third-order valence-corrected chi connectivity index (χ3v) is 4.37. The Hall–Kier alpha value is -3.14. The van der Waals surface area contributed by atoms with Crippen LogP contribution in [0.5, 0.6) is 0 Å². The first kappa shape index (κ1) is 19.6. The zero-order valence-corrected chi connectivity index (χ0v) is 15.1. The van der Waals surface area contributed by atoms with Gasteiger partial charge in [0.2, 0.25) is 11.9 Å². The van der Waals surface area contributed by atoms with Crippen molar-refractivity contribution in [3.8, 4) is 0 Å². The van der Waals surface area contributed by atoms with Crippen LogP contribution < -0.4 is 20.4 Å². The highest BCUT2D eigenvalue weighted by molar-refractivity contribution is 5.94. The fourth-order valence-corrected chi connectivity index (χ4v) is 2.90. The Labute approximate surface area is 160 Å². The van der Waals surface area contributed by atoms with E-state index < -0.39 is 17.5 Å². The van der Waals surface area contributed by atoms with Gasteiger partial charge in [0.05, 0.1) is 32.7 Å². The van der Waals surface area contributed by atoms with Crippen molar-refractivity contribution in [3.05, 3.63) is 48.3 Å². The molecule has 0 radical (unpaired) electrons. The van der Waals surface area contributed by atoms with Crippen LogP contribution in [0.4, 0.5) is 20.4 Å². The second kappa shape index (κ2) is 9.18. The van der Waals surface area contributed by atoms with Crippen LogP contribution in [-0.4, -0.2) is 61.1 Å². The summed E-state index contributed by atoms with van der Waals surface area (Å²) < 4.78 is 26.0. The van der Waals surface area contributed by atoms with Gasteiger partial charge in [-0.2, -0.15) is 0 Å². The van der Waals surface area contributed by atoms with Gasteiger partial charge in [0, 0.05) is 24.1 Å². The molecule has 1 aliphatic heterocycles. The lowest BCUT2D eigenvalue weighted by molar-refractivity contribution is -0.892. The average Bonchev–Trinajstić information content (AvgIpc) is 2.70. The van der Waals surface area contributed by atoms with Gasteiger partial charge >= 0.3 is 0 Å². The van der Waals surface area contributed by atoms with Gasteiger partial charge in [-0.15, -0.1) is 0 Å². The predicted octanol–water partition coefficient (Wildman–Crippen LogP) is -0.785. The van der Waals surface area contributed by atoms with E-state index in [9.17, 15) is 18.4 Å². The second-order valence-electron chi connectivity index (χ2n) is 6.42. The summed E-state index contributed by atoms with van der Waals surface area (Å²) in [5.41, 5.74) is 0.128. The van der Waals surface area contributed by atoms with Gasteiger partial charge in [0.15, 0.2) is 18.2 Å². The number of hydrogen-bond acceptors (Lipinski definition) is 5. The Morgan fingerprint density at radius 2 is 1.79 bits per heavy atom. The normalized spacial score (nSPS) is 14.6. The SMILES string of the molecule is O=C(C[NH+]1CCN(c2ncccn2)CC1)NCC(=O)Nc1ccc(F)c(F)c1. The van der Waals surface area contributed by atoms with E-state index >= 15 is 0 Å². The number of quaternary nitrogens is 1. The monoisotopic (exact) mass is 391 g/mol. The van der Waals surface area contributed by atoms with Crippen LogP contribution in [0.1, 0.15) is 0 Å². The minimum Gasteiger partial charge on any atom is -0.342 e. The van der Waals surface area contributed by atoms with Crippen molar-refractivity contribution in [3.63, 3.8) is 0 Å². The largest absolute Gasteiger partial charge is 0.342 e. The molecule has 10 heteroatoms. The number of nitrogens with zero attached hydrogens (tertiary/aromatic N) is 3. The molecule has 1 aliphatic rings. The number of carbonyl (C=O) groups excluding carboxylic acids is 2. The van der Waals surface area contributed by atoms with Crippen molar-refractivity contribution < 1.29 is 23.3 Å². The number of benzene rings is 1. The number of anilines is 2. The number of amides is 2. The first-order valence-electron chi connectivity index (χ1n) is 8.88. The first-order chi connectivity index (χ1) is 13.5. The summed E-state index contributed by atoms with van der Waals surface area (Å²) in [4.78, 5) is 35.5. The Kier molecular flexibility index (Phi) is 6.43. The molecular formula is C18H21F2N6O2+. The van der Waals surface area contributed by atoms with Gasteiger partial charge in [-0.25, -0.2) is 18.7 Å². The highest BCUT2D eigenvalue weighted by atomic mass is 19.2. The summed E-state index contributed by atoms with van der Waals surface area (Å²) in [6, 6.07) is 4.82. The van der Waals surface area contributed by atoms with Crippen LogP contribution in [0.2, 0.25) is 0 Å². The van der Waals surface area contributed by atoms with Gasteiger partial charge in [-0.3, -0.25) is 9.59 Å². The zero-order chi connectivity index (χ0) is 19.9. The number of piperazine rings is 1. The fraction of sp³-hybridized carbons (Fsp3) is 0.333. The summed E-state index contributed by atoms with van der Waals surface area (Å²) in [7, 11) is 0. The molecule has 3 N–H and O–H groups in total. The second-order valence-corrected chi connectivity index (χ2v) is 6.42. The topological polar surface area (TPSA) is 91.7 Å². The van der Waals surface area contributed by atoms with E-state index in [1.807, 2.05) is 0 Å². The van der Waals surface area contributed by atoms with E-state index in [0.29, 0.717) is 5.95 Å². The van der Waals surface area contributed by atoms with Crippen LogP contribution in [0.15, 0.2) is 36.7 Å². The quantitative estimate of drug-likeness (QED) is 0.601. The molecule has 2 aromatic rings. The standard InChI is InChI=1S/C18H20F2N6O2/c19-14-3-2-13(10-15(14)20)24-16(27)11-23-17(28)12-25-6-8-26(9-7-25)18-21-4-1-5-22-18/h1-5,10H,6-9,11-12H2,(H,23,28)(H,24,27)/p+1. The van der Waals surface area contributed by atoms with E-state index in [-0.39, 0.29) is 24.7 Å². The van der Waals surface area contributed by atoms with Crippen molar-refractivity contribution >= 4 is 23.5 Å². The maximum Gasteiger partial charge on any atom is 0.275 e. The maximum atomic E-state index is 13.1. The van der Waals surface area contributed by atoms with E-state index in [2.05, 4.69) is 25.5 Å². The Morgan fingerprint density at radius 3 is 2.46 bits per heavy atom. The molecule has 0 unspecified atom stereocenters. The molecule has 1 aromatic carbocycles. The number of aromatic nitrogens is 2. The fourth-order valence-electron chi connectivity index (χ4n) is 2.90. The van der Waals surface area contributed by atoms with Crippen molar-refractivity contribution in [1.29, 1.82) is 0 Å². The lowest BCUT2D eigenvalue weighted by Gasteiger charge is -2.31. The zero-order valence-electron chi connectivity index (χ0n) is 15.1. The predicted molar refractivity (Wildman–Crippen MR) is 97.8 cm³/mol. The molecule has 0 spiro atoms. The molecule has 3 rings (SSSR count). The Bertz CT molecular complexity index is 828. The van der Waals surface area contributed by atoms with Crippen LogP contribution in [-0.2, 0) is 9.59 Å². The van der Waals surface area contributed by atoms with E-state index in [1.165, 1.54) is 6.07 Å². The number of halogens is 2. The van der Waals surface area contributed by atoms with E-state index in [4.69, 9.17) is 0 Å². The van der Waals surface area contributed by atoms with Crippen molar-refractivity contribution in [2.45, 2.75) is 0 Å². The molecule has 2 heterocycles. The molecule has 148 valence electrons. The summed E-state index contributed by atoms with van der Waals surface area (Å²) in [6.45, 7) is 3.00. The van der Waals surface area contributed by atoms with Gasteiger partial charge < -0.3 is 20.4 Å². The molecule has 8 nitrogen and oxygen atoms in total. The summed E-state index contributed by atoms with van der Waals surface area (Å²) in [6.07, 6.45) is 3.39. The van der Waals surface area contributed by atoms with Crippen LogP contribution in [0, 0.1) is 11.6 Å². The van der Waals surface area contributed by atoms with Gasteiger partial charge in [-0.1, -0.05) is 0 Å². The minimum atomic E-state index is -1.05. The van der Waals surface area contributed by atoms with Crippen molar-refractivity contribution in [2.24, 2.45) is 0 Å². The molecule has 0 atom stereocenters. The van der Waals surface area contributed by atoms with E-state index in [1.54, 1.807) is 18.5 Å². The van der Waals surface area contributed by atoms with Crippen molar-refractivity contribution in [1.82, 2.24) is 15.3 Å². The van der Waals surface area contributed by atoms with Gasteiger partial charge in [0.25, 0.3) is 5.91 Å². The molecule has 1 fully saturated rings. The number of rotatable bonds is 6. The Morgan fingerprint density at radius 1 is 1.07 bits per heavy atom. The van der Waals surface area contributed by atoms with Gasteiger partial charge in [0.1, 0.15) is 0 Å². The number of hydrogen-bond donors (Lipinski definition) is 3. The summed E-state index contributed by atoms with van der Waals surface area (Å²) in [5.74, 6) is -2.13. The van der Waals surface area contributed by atoms with E-state index in [0.717, 1.165) is 43.2 Å². The van der Waals surface area contributed by atoms with Crippen molar-refractivity contribution in [2.75, 3.05) is 49.5 Å². The van der Waals surface area contributed by atoms with Crippen LogP contribution in [0.25, 0.3) is 0 Å². The summed E-state index contributed by atoms with van der Waals surface area (Å²) >= 11 is 0. The molecule has 2 amide bonds. The third kappa shape index (κ3) is 5.43. The Balaban J connectivity index is 1.37.